The first-order chi connectivity index (χ1) is 8.27. The summed E-state index contributed by atoms with van der Waals surface area (Å²) >= 11 is 0. The van der Waals surface area contributed by atoms with Gasteiger partial charge in [-0.05, 0) is 17.9 Å². The molecule has 1 N–H and O–H groups in total. The molecule has 0 aliphatic carbocycles. The number of nitrogens with one attached hydrogen (secondary N) is 1. The molecule has 17 heavy (non-hydrogen) atoms. The summed E-state index contributed by atoms with van der Waals surface area (Å²) in [7, 11) is -0.711. The Morgan fingerprint density at radius 2 is 2.12 bits per heavy atom. The van der Waals surface area contributed by atoms with E-state index in [1.165, 1.54) is 5.39 Å². The van der Waals surface area contributed by atoms with Crippen LogP contribution < -0.4 is 5.32 Å². The Morgan fingerprint density at radius 1 is 1.29 bits per heavy atom. The van der Waals surface area contributed by atoms with Crippen LogP contribution in [0.15, 0.2) is 36.5 Å². The molecule has 1 aromatic heterocycles. The zero-order valence-electron chi connectivity index (χ0n) is 9.85. The predicted octanol–water partition coefficient (Wildman–Crippen LogP) is 2.42. The van der Waals surface area contributed by atoms with Crippen LogP contribution in [0.5, 0.6) is 0 Å². The molecule has 0 fully saturated rings. The fourth-order valence-corrected chi connectivity index (χ4v) is 2.29. The van der Waals surface area contributed by atoms with E-state index in [1.54, 1.807) is 6.26 Å². The monoisotopic (exact) mass is 248 g/mol. The molecule has 1 atom stereocenters. The van der Waals surface area contributed by atoms with E-state index in [0.717, 1.165) is 29.9 Å². The fraction of sp³-hybridized carbons (Fsp3) is 0.308. The summed E-state index contributed by atoms with van der Waals surface area (Å²) in [6.45, 7) is 0.806. The number of hydrogen-bond acceptors (Lipinski definition) is 3. The Kier molecular flexibility index (Phi) is 4.09. The van der Waals surface area contributed by atoms with Gasteiger partial charge in [0.05, 0.1) is 0 Å². The van der Waals surface area contributed by atoms with Gasteiger partial charge in [-0.3, -0.25) is 4.21 Å². The van der Waals surface area contributed by atoms with E-state index in [1.807, 2.05) is 24.4 Å². The Bertz CT molecular complexity index is 522. The SMILES string of the molecule is CS(=O)CCCNc1nccc2ccccc12. The van der Waals surface area contributed by atoms with E-state index in [-0.39, 0.29) is 0 Å². The lowest BCUT2D eigenvalue weighted by atomic mass is 10.1. The third-order valence-electron chi connectivity index (χ3n) is 2.57. The lowest BCUT2D eigenvalue weighted by Gasteiger charge is -2.07. The van der Waals surface area contributed by atoms with Crippen molar-refractivity contribution in [1.29, 1.82) is 0 Å². The van der Waals surface area contributed by atoms with Crippen LogP contribution in [0, 0.1) is 0 Å². The highest BCUT2D eigenvalue weighted by Gasteiger charge is 2.00. The van der Waals surface area contributed by atoms with Gasteiger partial charge >= 0.3 is 0 Å². The van der Waals surface area contributed by atoms with Crippen LogP contribution >= 0.6 is 0 Å². The highest BCUT2D eigenvalue weighted by molar-refractivity contribution is 7.84. The Morgan fingerprint density at radius 3 is 2.94 bits per heavy atom. The van der Waals surface area contributed by atoms with Crippen LogP contribution in [-0.2, 0) is 10.8 Å². The number of benzene rings is 1. The van der Waals surface area contributed by atoms with E-state index in [2.05, 4.69) is 22.4 Å². The number of anilines is 1. The van der Waals surface area contributed by atoms with E-state index in [9.17, 15) is 4.21 Å². The van der Waals surface area contributed by atoms with Crippen molar-refractivity contribution in [1.82, 2.24) is 4.98 Å². The second kappa shape index (κ2) is 5.77. The predicted molar refractivity (Wildman–Crippen MR) is 73.8 cm³/mol. The van der Waals surface area contributed by atoms with Crippen LogP contribution in [0.25, 0.3) is 10.8 Å². The van der Waals surface area contributed by atoms with Crippen LogP contribution in [0.4, 0.5) is 5.82 Å². The van der Waals surface area contributed by atoms with Gasteiger partial charge in [-0.1, -0.05) is 24.3 Å². The molecule has 4 heteroatoms. The average Bonchev–Trinajstić information content (AvgIpc) is 2.34. The molecule has 0 saturated heterocycles. The van der Waals surface area contributed by atoms with Crippen LogP contribution in [0.2, 0.25) is 0 Å². The zero-order valence-corrected chi connectivity index (χ0v) is 10.7. The van der Waals surface area contributed by atoms with E-state index in [4.69, 9.17) is 0 Å². The van der Waals surface area contributed by atoms with Gasteiger partial charge in [0.15, 0.2) is 0 Å². The summed E-state index contributed by atoms with van der Waals surface area (Å²) in [5.74, 6) is 1.64. The number of nitrogens with zero attached hydrogens (tertiary/aromatic N) is 1. The molecule has 3 nitrogen and oxygen atoms in total. The molecule has 2 aromatic rings. The van der Waals surface area contributed by atoms with Crippen molar-refractivity contribution in [2.24, 2.45) is 0 Å². The number of fused-ring (bicyclic) bond motifs is 1. The van der Waals surface area contributed by atoms with E-state index >= 15 is 0 Å². The maximum Gasteiger partial charge on any atom is 0.133 e. The van der Waals surface area contributed by atoms with Crippen molar-refractivity contribution >= 4 is 27.4 Å². The van der Waals surface area contributed by atoms with Crippen molar-refractivity contribution in [2.75, 3.05) is 23.9 Å². The maximum atomic E-state index is 10.9. The van der Waals surface area contributed by atoms with Crippen LogP contribution in [0.1, 0.15) is 6.42 Å². The number of rotatable bonds is 5. The van der Waals surface area contributed by atoms with Crippen molar-refractivity contribution < 1.29 is 4.21 Å². The molecule has 0 amide bonds. The molecule has 0 radical (unpaired) electrons. The molecule has 0 bridgehead atoms. The van der Waals surface area contributed by atoms with Gasteiger partial charge in [0, 0.05) is 40.9 Å². The molecule has 0 aliphatic heterocycles. The van der Waals surface area contributed by atoms with Gasteiger partial charge in [0.1, 0.15) is 5.82 Å². The average molecular weight is 248 g/mol. The topological polar surface area (TPSA) is 42.0 Å². The molecule has 90 valence electrons. The molecule has 1 heterocycles. The van der Waals surface area contributed by atoms with Gasteiger partial charge in [0.2, 0.25) is 0 Å². The molecule has 2 rings (SSSR count). The quantitative estimate of drug-likeness (QED) is 0.826. The highest BCUT2D eigenvalue weighted by atomic mass is 32.2. The summed E-state index contributed by atoms with van der Waals surface area (Å²) in [4.78, 5) is 4.34. The van der Waals surface area contributed by atoms with Gasteiger partial charge in [-0.2, -0.15) is 0 Å². The number of pyridine rings is 1. The number of hydrogen-bond donors (Lipinski definition) is 1. The van der Waals surface area contributed by atoms with Gasteiger partial charge < -0.3 is 5.32 Å². The van der Waals surface area contributed by atoms with Crippen molar-refractivity contribution in [3.63, 3.8) is 0 Å². The smallest absolute Gasteiger partial charge is 0.133 e. The van der Waals surface area contributed by atoms with Crippen LogP contribution in [-0.4, -0.2) is 27.7 Å². The number of aromatic nitrogens is 1. The molecule has 1 aromatic carbocycles. The Hall–Kier alpha value is -1.42. The standard InChI is InChI=1S/C13H16N2OS/c1-17(16)10-4-8-14-13-12-6-3-2-5-11(12)7-9-15-13/h2-3,5-7,9H,4,8,10H2,1H3,(H,14,15). The second-order valence-corrected chi connectivity index (χ2v) is 5.49. The highest BCUT2D eigenvalue weighted by Crippen LogP contribution is 2.19. The minimum absolute atomic E-state index is 0.711. The van der Waals surface area contributed by atoms with Crippen molar-refractivity contribution in [2.45, 2.75) is 6.42 Å². The first kappa shape index (κ1) is 12.0. The third kappa shape index (κ3) is 3.27. The molecule has 0 saturated carbocycles. The van der Waals surface area contributed by atoms with Crippen LogP contribution in [0.3, 0.4) is 0 Å². The van der Waals surface area contributed by atoms with Crippen molar-refractivity contribution in [3.05, 3.63) is 36.5 Å². The van der Waals surface area contributed by atoms with E-state index in [0.29, 0.717) is 0 Å². The van der Waals surface area contributed by atoms with E-state index < -0.39 is 10.8 Å². The molecule has 0 aliphatic rings. The molecule has 1 unspecified atom stereocenters. The largest absolute Gasteiger partial charge is 0.370 e. The molecular weight excluding hydrogens is 232 g/mol. The third-order valence-corrected chi connectivity index (χ3v) is 3.44. The Labute approximate surface area is 104 Å². The fourth-order valence-electron chi connectivity index (χ4n) is 1.74. The van der Waals surface area contributed by atoms with Crippen molar-refractivity contribution in [3.8, 4) is 0 Å². The summed E-state index contributed by atoms with van der Waals surface area (Å²) < 4.78 is 10.9. The molecular formula is C13H16N2OS. The minimum Gasteiger partial charge on any atom is -0.370 e. The van der Waals surface area contributed by atoms with Gasteiger partial charge in [0.25, 0.3) is 0 Å². The Balaban J connectivity index is 2.05. The minimum atomic E-state index is -0.711. The molecule has 0 spiro atoms. The normalized spacial score (nSPS) is 12.5. The first-order valence-corrected chi connectivity index (χ1v) is 7.38. The first-order valence-electron chi connectivity index (χ1n) is 5.65. The summed E-state index contributed by atoms with van der Waals surface area (Å²) in [5, 5.41) is 5.61. The summed E-state index contributed by atoms with van der Waals surface area (Å²) in [6.07, 6.45) is 4.44. The summed E-state index contributed by atoms with van der Waals surface area (Å²) in [6, 6.07) is 10.2. The lowest BCUT2D eigenvalue weighted by molar-refractivity contribution is 0.685. The van der Waals surface area contributed by atoms with Gasteiger partial charge in [-0.25, -0.2) is 4.98 Å². The van der Waals surface area contributed by atoms with Gasteiger partial charge in [-0.15, -0.1) is 0 Å². The summed E-state index contributed by atoms with van der Waals surface area (Å²) in [5.41, 5.74) is 0. The zero-order chi connectivity index (χ0) is 12.1. The lowest BCUT2D eigenvalue weighted by Crippen LogP contribution is -2.07. The second-order valence-electron chi connectivity index (χ2n) is 3.94. The maximum absolute atomic E-state index is 10.9.